The summed E-state index contributed by atoms with van der Waals surface area (Å²) in [7, 11) is 3.85. The van der Waals surface area contributed by atoms with Gasteiger partial charge in [0.25, 0.3) is 11.7 Å². The van der Waals surface area contributed by atoms with Crippen LogP contribution in [0.25, 0.3) is 16.7 Å². The molecule has 0 saturated carbocycles. The van der Waals surface area contributed by atoms with Crippen LogP contribution in [0, 0.1) is 6.92 Å². The number of likely N-dealkylation sites (N-methyl/N-ethyl adjacent to an activating group) is 1. The molecule has 2 atom stereocenters. The maximum Gasteiger partial charge on any atom is 0.295 e. The number of amides is 1. The summed E-state index contributed by atoms with van der Waals surface area (Å²) in [6.45, 7) is 4.90. The molecule has 1 saturated heterocycles. The Bertz CT molecular complexity index is 1340. The molecule has 176 valence electrons. The largest absolute Gasteiger partial charge is 0.507 e. The van der Waals surface area contributed by atoms with E-state index in [0.717, 1.165) is 39.9 Å². The Labute approximate surface area is 198 Å². The number of benzene rings is 2. The summed E-state index contributed by atoms with van der Waals surface area (Å²) in [6, 6.07) is 12.6. The lowest BCUT2D eigenvalue weighted by atomic mass is 9.92. The van der Waals surface area contributed by atoms with E-state index < -0.39 is 17.7 Å². The number of aliphatic hydroxyl groups excluding tert-OH is 1. The van der Waals surface area contributed by atoms with E-state index >= 15 is 0 Å². The first-order chi connectivity index (χ1) is 16.3. The van der Waals surface area contributed by atoms with E-state index in [2.05, 4.69) is 4.98 Å². The average Bonchev–Trinajstić information content (AvgIpc) is 3.41. The first-order valence-electron chi connectivity index (χ1n) is 11.6. The lowest BCUT2D eigenvalue weighted by Crippen LogP contribution is -2.35. The second-order valence-corrected chi connectivity index (χ2v) is 9.46. The Morgan fingerprint density at radius 2 is 1.97 bits per heavy atom. The minimum Gasteiger partial charge on any atom is -0.507 e. The van der Waals surface area contributed by atoms with E-state index in [1.165, 1.54) is 0 Å². The highest BCUT2D eigenvalue weighted by molar-refractivity contribution is 6.46. The quantitative estimate of drug-likeness (QED) is 0.345. The predicted molar refractivity (Wildman–Crippen MR) is 131 cm³/mol. The Morgan fingerprint density at radius 3 is 2.74 bits per heavy atom. The number of H-pyrrole nitrogens is 1. The van der Waals surface area contributed by atoms with Crippen molar-refractivity contribution in [3.63, 3.8) is 0 Å². The normalized spacial score (nSPS) is 21.5. The molecule has 0 spiro atoms. The molecule has 1 aromatic heterocycles. The number of ketones is 1. The smallest absolute Gasteiger partial charge is 0.295 e. The minimum absolute atomic E-state index is 0.0675. The fraction of sp³-hybridized carbons (Fsp3) is 0.333. The number of aliphatic hydroxyl groups is 1. The summed E-state index contributed by atoms with van der Waals surface area (Å²) < 4.78 is 5.78. The number of ether oxygens (including phenoxy) is 1. The lowest BCUT2D eigenvalue weighted by molar-refractivity contribution is -0.140. The van der Waals surface area contributed by atoms with Gasteiger partial charge in [0.1, 0.15) is 17.6 Å². The van der Waals surface area contributed by atoms with E-state index in [0.29, 0.717) is 18.7 Å². The van der Waals surface area contributed by atoms with Gasteiger partial charge in [-0.3, -0.25) is 9.59 Å². The van der Waals surface area contributed by atoms with E-state index in [1.807, 2.05) is 69.2 Å². The van der Waals surface area contributed by atoms with E-state index in [1.54, 1.807) is 11.0 Å². The van der Waals surface area contributed by atoms with E-state index in [-0.39, 0.29) is 17.4 Å². The zero-order chi connectivity index (χ0) is 24.1. The number of Topliss-reactive ketones (excluding diaryl/α,β-unsaturated/α-hetero) is 1. The number of aromatic nitrogens is 1. The Kier molecular flexibility index (Phi) is 5.44. The molecular weight excluding hydrogens is 430 g/mol. The first-order valence-corrected chi connectivity index (χ1v) is 11.6. The SMILES string of the molecule is Cc1[nH]c2ccccc2c1C1/C(=C(\O)c2ccc3c(c2)CC(C)O3)C(=O)C(=O)N1CCN(C)C. The van der Waals surface area contributed by atoms with Gasteiger partial charge in [-0.2, -0.15) is 0 Å². The number of aryl methyl sites for hydroxylation is 1. The first kappa shape index (κ1) is 22.2. The predicted octanol–water partition coefficient (Wildman–Crippen LogP) is 3.78. The molecular formula is C27H29N3O4. The third-order valence-corrected chi connectivity index (χ3v) is 6.71. The van der Waals surface area contributed by atoms with Gasteiger partial charge in [0, 0.05) is 47.2 Å². The van der Waals surface area contributed by atoms with Gasteiger partial charge in [-0.15, -0.1) is 0 Å². The molecule has 7 nitrogen and oxygen atoms in total. The molecule has 3 aromatic rings. The number of nitrogens with one attached hydrogen (secondary N) is 1. The molecule has 0 bridgehead atoms. The van der Waals surface area contributed by atoms with Crippen molar-refractivity contribution in [3.8, 4) is 5.75 Å². The highest BCUT2D eigenvalue weighted by Gasteiger charge is 2.47. The summed E-state index contributed by atoms with van der Waals surface area (Å²) >= 11 is 0. The van der Waals surface area contributed by atoms with Crippen molar-refractivity contribution in [2.45, 2.75) is 32.4 Å². The van der Waals surface area contributed by atoms with Gasteiger partial charge in [0.15, 0.2) is 0 Å². The van der Waals surface area contributed by atoms with Crippen molar-refractivity contribution < 1.29 is 19.4 Å². The van der Waals surface area contributed by atoms with Crippen molar-refractivity contribution in [1.29, 1.82) is 0 Å². The number of fused-ring (bicyclic) bond motifs is 2. The maximum absolute atomic E-state index is 13.4. The van der Waals surface area contributed by atoms with Crippen molar-refractivity contribution >= 4 is 28.4 Å². The van der Waals surface area contributed by atoms with Crippen LogP contribution in [0.5, 0.6) is 5.75 Å². The van der Waals surface area contributed by atoms with Crippen LogP contribution in [0.3, 0.4) is 0 Å². The maximum atomic E-state index is 13.4. The molecule has 2 unspecified atom stereocenters. The van der Waals surface area contributed by atoms with Crippen molar-refractivity contribution in [3.05, 3.63) is 70.4 Å². The Balaban J connectivity index is 1.69. The van der Waals surface area contributed by atoms with Crippen LogP contribution >= 0.6 is 0 Å². The van der Waals surface area contributed by atoms with Gasteiger partial charge in [-0.1, -0.05) is 18.2 Å². The van der Waals surface area contributed by atoms with Crippen LogP contribution in [0.15, 0.2) is 48.0 Å². The second kappa shape index (κ2) is 8.33. The van der Waals surface area contributed by atoms with Gasteiger partial charge >= 0.3 is 0 Å². The van der Waals surface area contributed by atoms with Gasteiger partial charge in [-0.05, 0) is 57.8 Å². The Hall–Kier alpha value is -3.58. The highest BCUT2D eigenvalue weighted by Crippen LogP contribution is 2.43. The molecule has 2 aliphatic rings. The topological polar surface area (TPSA) is 85.9 Å². The third-order valence-electron chi connectivity index (χ3n) is 6.71. The molecule has 34 heavy (non-hydrogen) atoms. The second-order valence-electron chi connectivity index (χ2n) is 9.46. The molecule has 0 aliphatic carbocycles. The summed E-state index contributed by atoms with van der Waals surface area (Å²) in [4.78, 5) is 33.5. The number of aromatic amines is 1. The summed E-state index contributed by atoms with van der Waals surface area (Å²) in [5, 5.41) is 12.4. The zero-order valence-corrected chi connectivity index (χ0v) is 19.9. The summed E-state index contributed by atoms with van der Waals surface area (Å²) in [6.07, 6.45) is 0.802. The lowest BCUT2D eigenvalue weighted by Gasteiger charge is -2.27. The molecule has 2 N–H and O–H groups in total. The average molecular weight is 460 g/mol. The van der Waals surface area contributed by atoms with Crippen LogP contribution in [-0.2, 0) is 16.0 Å². The molecule has 3 heterocycles. The number of likely N-dealkylation sites (tertiary alicyclic amines) is 1. The van der Waals surface area contributed by atoms with Gasteiger partial charge in [-0.25, -0.2) is 0 Å². The monoisotopic (exact) mass is 459 g/mol. The highest BCUT2D eigenvalue weighted by atomic mass is 16.5. The molecule has 5 rings (SSSR count). The van der Waals surface area contributed by atoms with Crippen LogP contribution < -0.4 is 4.74 Å². The van der Waals surface area contributed by atoms with Gasteiger partial charge < -0.3 is 24.6 Å². The van der Waals surface area contributed by atoms with Crippen LogP contribution in [-0.4, -0.2) is 64.9 Å². The molecule has 1 amide bonds. The van der Waals surface area contributed by atoms with Gasteiger partial charge in [0.05, 0.1) is 11.6 Å². The fourth-order valence-electron chi connectivity index (χ4n) is 5.09. The van der Waals surface area contributed by atoms with Crippen LogP contribution in [0.1, 0.15) is 35.3 Å². The molecule has 7 heteroatoms. The molecule has 1 fully saturated rings. The molecule has 0 radical (unpaired) electrons. The van der Waals surface area contributed by atoms with Crippen LogP contribution in [0.4, 0.5) is 0 Å². The van der Waals surface area contributed by atoms with Crippen molar-refractivity contribution in [2.75, 3.05) is 27.2 Å². The number of rotatable bonds is 5. The van der Waals surface area contributed by atoms with E-state index in [4.69, 9.17) is 4.74 Å². The number of hydrogen-bond acceptors (Lipinski definition) is 5. The van der Waals surface area contributed by atoms with E-state index in [9.17, 15) is 14.7 Å². The third kappa shape index (κ3) is 3.56. The summed E-state index contributed by atoms with van der Waals surface area (Å²) in [5.41, 5.74) is 4.27. The Morgan fingerprint density at radius 1 is 1.21 bits per heavy atom. The fourth-order valence-corrected chi connectivity index (χ4v) is 5.09. The van der Waals surface area contributed by atoms with Crippen molar-refractivity contribution in [2.24, 2.45) is 0 Å². The number of hydrogen-bond donors (Lipinski definition) is 2. The molecule has 2 aliphatic heterocycles. The number of nitrogens with zero attached hydrogens (tertiary/aromatic N) is 2. The van der Waals surface area contributed by atoms with Gasteiger partial charge in [0.2, 0.25) is 0 Å². The zero-order valence-electron chi connectivity index (χ0n) is 19.9. The molecule has 2 aromatic carbocycles. The standard InChI is InChI=1S/C27H29N3O4/c1-15-13-18-14-17(9-10-21(18)34-15)25(31)23-24(30(12-11-29(3)4)27(33)26(23)32)22-16(2)28-20-8-6-5-7-19(20)22/h5-10,14-15,24,28,31H,11-13H2,1-4H3/b25-23+. The number of carbonyl (C=O) groups excluding carboxylic acids is 2. The number of para-hydroxylation sites is 1. The van der Waals surface area contributed by atoms with Crippen molar-refractivity contribution in [1.82, 2.24) is 14.8 Å². The number of carbonyl (C=O) groups is 2. The minimum atomic E-state index is -0.681. The van der Waals surface area contributed by atoms with Crippen LogP contribution in [0.2, 0.25) is 0 Å². The summed E-state index contributed by atoms with van der Waals surface area (Å²) in [5.74, 6) is -0.602.